The van der Waals surface area contributed by atoms with Gasteiger partial charge in [-0.25, -0.2) is 0 Å². The molecule has 2 aliphatic heterocycles. The number of hydrogen-bond acceptors (Lipinski definition) is 2. The molecule has 1 aromatic carbocycles. The zero-order valence-corrected chi connectivity index (χ0v) is 15.9. The van der Waals surface area contributed by atoms with Gasteiger partial charge in [-0.3, -0.25) is 0 Å². The quantitative estimate of drug-likeness (QED) is 0.783. The lowest BCUT2D eigenvalue weighted by atomic mass is 9.98. The Morgan fingerprint density at radius 1 is 1.00 bits per heavy atom. The molecule has 2 fully saturated rings. The lowest BCUT2D eigenvalue weighted by Crippen LogP contribution is -2.37. The fraction of sp³-hybridized carbons (Fsp3) is 0.714. The Morgan fingerprint density at radius 2 is 1.70 bits per heavy atom. The Balaban J connectivity index is 0.000000924. The number of piperidine rings is 1. The standard InChI is InChI=1S/C19H30N2.C2H6/c1-15-7-10-20(11-8-15)13-18-9-12-21(14-18)19-6-4-5-16(2)17(19)3;1-2/h4-6,15,18H,7-14H2,1-3H3;1-2H3/t18-;/m1./s1. The van der Waals surface area contributed by atoms with Crippen molar-refractivity contribution in [3.8, 4) is 0 Å². The predicted molar refractivity (Wildman–Crippen MR) is 102 cm³/mol. The first kappa shape index (κ1) is 18.3. The molecule has 0 amide bonds. The van der Waals surface area contributed by atoms with E-state index in [4.69, 9.17) is 0 Å². The highest BCUT2D eigenvalue weighted by Crippen LogP contribution is 2.29. The second kappa shape index (κ2) is 8.73. The number of aryl methyl sites for hydroxylation is 1. The Hall–Kier alpha value is -1.02. The molecule has 2 heterocycles. The van der Waals surface area contributed by atoms with E-state index in [9.17, 15) is 0 Å². The average molecular weight is 317 g/mol. The van der Waals surface area contributed by atoms with E-state index in [1.165, 1.54) is 68.8 Å². The van der Waals surface area contributed by atoms with Crippen molar-refractivity contribution >= 4 is 5.69 Å². The lowest BCUT2D eigenvalue weighted by molar-refractivity contribution is 0.171. The second-order valence-electron chi connectivity index (χ2n) is 7.30. The van der Waals surface area contributed by atoms with E-state index in [1.807, 2.05) is 13.8 Å². The minimum absolute atomic E-state index is 0.860. The van der Waals surface area contributed by atoms with Crippen LogP contribution in [0.2, 0.25) is 0 Å². The molecule has 2 saturated heterocycles. The van der Waals surface area contributed by atoms with Crippen LogP contribution in [-0.2, 0) is 0 Å². The van der Waals surface area contributed by atoms with Crippen molar-refractivity contribution in [3.05, 3.63) is 29.3 Å². The molecule has 2 heteroatoms. The number of benzene rings is 1. The fourth-order valence-corrected chi connectivity index (χ4v) is 3.89. The van der Waals surface area contributed by atoms with E-state index < -0.39 is 0 Å². The van der Waals surface area contributed by atoms with Crippen LogP contribution in [0.1, 0.15) is 51.2 Å². The maximum absolute atomic E-state index is 2.71. The Bertz CT molecular complexity index is 475. The van der Waals surface area contributed by atoms with Crippen LogP contribution in [0.15, 0.2) is 18.2 Å². The molecule has 1 aromatic rings. The highest BCUT2D eigenvalue weighted by Gasteiger charge is 2.26. The van der Waals surface area contributed by atoms with Crippen LogP contribution < -0.4 is 4.90 Å². The van der Waals surface area contributed by atoms with Gasteiger partial charge >= 0.3 is 0 Å². The molecule has 0 N–H and O–H groups in total. The van der Waals surface area contributed by atoms with Gasteiger partial charge in [-0.1, -0.05) is 32.9 Å². The molecule has 3 rings (SSSR count). The molecule has 130 valence electrons. The summed E-state index contributed by atoms with van der Waals surface area (Å²) in [5, 5.41) is 0. The molecular weight excluding hydrogens is 280 g/mol. The van der Waals surface area contributed by atoms with Crippen molar-refractivity contribution in [1.29, 1.82) is 0 Å². The summed E-state index contributed by atoms with van der Waals surface area (Å²) in [4.78, 5) is 5.32. The molecule has 1 atom stereocenters. The Kier molecular flexibility index (Phi) is 6.95. The van der Waals surface area contributed by atoms with Crippen molar-refractivity contribution in [1.82, 2.24) is 4.90 Å². The van der Waals surface area contributed by atoms with Crippen LogP contribution in [0, 0.1) is 25.7 Å². The van der Waals surface area contributed by atoms with Crippen LogP contribution in [0.25, 0.3) is 0 Å². The maximum atomic E-state index is 2.71. The van der Waals surface area contributed by atoms with Crippen LogP contribution in [0.4, 0.5) is 5.69 Å². The highest BCUT2D eigenvalue weighted by atomic mass is 15.2. The monoisotopic (exact) mass is 316 g/mol. The molecule has 2 aliphatic rings. The summed E-state index contributed by atoms with van der Waals surface area (Å²) in [7, 11) is 0. The summed E-state index contributed by atoms with van der Waals surface area (Å²) in [5.74, 6) is 1.80. The summed E-state index contributed by atoms with van der Waals surface area (Å²) in [5.41, 5.74) is 4.34. The first-order chi connectivity index (χ1) is 11.1. The van der Waals surface area contributed by atoms with Crippen LogP contribution >= 0.6 is 0 Å². The third-order valence-corrected chi connectivity index (χ3v) is 5.60. The molecule has 23 heavy (non-hydrogen) atoms. The summed E-state index contributed by atoms with van der Waals surface area (Å²) in [6.45, 7) is 17.3. The minimum Gasteiger partial charge on any atom is -0.371 e. The van der Waals surface area contributed by atoms with E-state index >= 15 is 0 Å². The van der Waals surface area contributed by atoms with Gasteiger partial charge in [0.15, 0.2) is 0 Å². The summed E-state index contributed by atoms with van der Waals surface area (Å²) >= 11 is 0. The molecule has 0 aromatic heterocycles. The van der Waals surface area contributed by atoms with Gasteiger partial charge in [0.1, 0.15) is 0 Å². The summed E-state index contributed by atoms with van der Waals surface area (Å²) < 4.78 is 0. The predicted octanol–water partition coefficient (Wildman–Crippen LogP) is 4.89. The van der Waals surface area contributed by atoms with Gasteiger partial charge in [0, 0.05) is 25.3 Å². The first-order valence-corrected chi connectivity index (χ1v) is 9.67. The van der Waals surface area contributed by atoms with Crippen molar-refractivity contribution in [2.75, 3.05) is 37.6 Å². The van der Waals surface area contributed by atoms with Crippen molar-refractivity contribution in [3.63, 3.8) is 0 Å². The number of hydrogen-bond donors (Lipinski definition) is 0. The second-order valence-corrected chi connectivity index (χ2v) is 7.30. The third kappa shape index (κ3) is 4.73. The third-order valence-electron chi connectivity index (χ3n) is 5.60. The molecule has 2 nitrogen and oxygen atoms in total. The zero-order valence-electron chi connectivity index (χ0n) is 15.9. The van der Waals surface area contributed by atoms with Crippen molar-refractivity contribution in [2.45, 2.75) is 53.9 Å². The molecule has 0 bridgehead atoms. The lowest BCUT2D eigenvalue weighted by Gasteiger charge is -2.32. The zero-order chi connectivity index (χ0) is 16.8. The maximum Gasteiger partial charge on any atom is 0.0398 e. The van der Waals surface area contributed by atoms with Crippen LogP contribution in [0.3, 0.4) is 0 Å². The molecule has 0 spiro atoms. The molecule has 0 unspecified atom stereocenters. The number of nitrogens with zero attached hydrogens (tertiary/aromatic N) is 2. The van der Waals surface area contributed by atoms with Gasteiger partial charge in [-0.05, 0) is 75.2 Å². The van der Waals surface area contributed by atoms with E-state index in [1.54, 1.807) is 0 Å². The molecular formula is C21H36N2. The smallest absolute Gasteiger partial charge is 0.0398 e. The molecule has 0 radical (unpaired) electrons. The fourth-order valence-electron chi connectivity index (χ4n) is 3.89. The van der Waals surface area contributed by atoms with Crippen LogP contribution in [0.5, 0.6) is 0 Å². The van der Waals surface area contributed by atoms with E-state index in [0.29, 0.717) is 0 Å². The van der Waals surface area contributed by atoms with Gasteiger partial charge < -0.3 is 9.80 Å². The minimum atomic E-state index is 0.860. The Labute approximate surface area is 143 Å². The van der Waals surface area contributed by atoms with Crippen LogP contribution in [-0.4, -0.2) is 37.6 Å². The first-order valence-electron chi connectivity index (χ1n) is 9.67. The summed E-state index contributed by atoms with van der Waals surface area (Å²) in [6.07, 6.45) is 4.15. The normalized spacial score (nSPS) is 22.8. The molecule has 0 saturated carbocycles. The molecule has 0 aliphatic carbocycles. The summed E-state index contributed by atoms with van der Waals surface area (Å²) in [6, 6.07) is 6.73. The van der Waals surface area contributed by atoms with E-state index in [2.05, 4.69) is 48.8 Å². The number of likely N-dealkylation sites (tertiary alicyclic amines) is 1. The van der Waals surface area contributed by atoms with Gasteiger partial charge in [0.25, 0.3) is 0 Å². The SMILES string of the molecule is CC.Cc1cccc(N2CC[C@H](CN3CCC(C)CC3)C2)c1C. The van der Waals surface area contributed by atoms with Gasteiger partial charge in [-0.15, -0.1) is 0 Å². The largest absolute Gasteiger partial charge is 0.371 e. The van der Waals surface area contributed by atoms with Gasteiger partial charge in [0.05, 0.1) is 0 Å². The van der Waals surface area contributed by atoms with Crippen molar-refractivity contribution < 1.29 is 0 Å². The highest BCUT2D eigenvalue weighted by molar-refractivity contribution is 5.56. The average Bonchev–Trinajstić information content (AvgIpc) is 3.02. The Morgan fingerprint density at radius 3 is 2.39 bits per heavy atom. The van der Waals surface area contributed by atoms with Gasteiger partial charge in [0.2, 0.25) is 0 Å². The van der Waals surface area contributed by atoms with Crippen molar-refractivity contribution in [2.24, 2.45) is 11.8 Å². The number of rotatable bonds is 3. The number of anilines is 1. The van der Waals surface area contributed by atoms with E-state index in [0.717, 1.165) is 11.8 Å². The van der Waals surface area contributed by atoms with Gasteiger partial charge in [-0.2, -0.15) is 0 Å². The topological polar surface area (TPSA) is 6.48 Å². The van der Waals surface area contributed by atoms with E-state index in [-0.39, 0.29) is 0 Å².